The minimum Gasteiger partial charge on any atom is -0.375 e. The fraction of sp³-hybridized carbons (Fsp3) is 0.429. The maximum atomic E-state index is 6.11. The molecule has 2 atom stereocenters. The van der Waals surface area contributed by atoms with Crippen molar-refractivity contribution in [1.29, 1.82) is 0 Å². The van der Waals surface area contributed by atoms with Crippen LogP contribution in [0.3, 0.4) is 0 Å². The molecular formula is C14H19NO. The van der Waals surface area contributed by atoms with Crippen LogP contribution >= 0.6 is 0 Å². The van der Waals surface area contributed by atoms with Gasteiger partial charge in [-0.2, -0.15) is 0 Å². The molecule has 2 unspecified atom stereocenters. The lowest BCUT2D eigenvalue weighted by molar-refractivity contribution is 0.0781. The summed E-state index contributed by atoms with van der Waals surface area (Å²) >= 11 is 0. The molecule has 0 aliphatic rings. The highest BCUT2D eigenvalue weighted by Crippen LogP contribution is 2.21. The highest BCUT2D eigenvalue weighted by Gasteiger charge is 2.18. The molecule has 1 aromatic rings. The molecule has 2 N–H and O–H groups in total. The monoisotopic (exact) mass is 217 g/mol. The minimum absolute atomic E-state index is 0.00625. The second-order valence-corrected chi connectivity index (χ2v) is 3.70. The van der Waals surface area contributed by atoms with Gasteiger partial charge in [-0.25, -0.2) is 0 Å². The van der Waals surface area contributed by atoms with Crippen molar-refractivity contribution in [3.63, 3.8) is 0 Å². The summed E-state index contributed by atoms with van der Waals surface area (Å²) in [5, 5.41) is 0. The Morgan fingerprint density at radius 1 is 1.31 bits per heavy atom. The molecule has 0 fully saturated rings. The molecule has 0 aromatic heterocycles. The van der Waals surface area contributed by atoms with Gasteiger partial charge in [0, 0.05) is 19.6 Å². The zero-order valence-corrected chi connectivity index (χ0v) is 9.94. The zero-order valence-electron chi connectivity index (χ0n) is 9.94. The van der Waals surface area contributed by atoms with Gasteiger partial charge in [-0.3, -0.25) is 0 Å². The Kier molecular flexibility index (Phi) is 5.63. The molecule has 1 rings (SSSR count). The molecular weight excluding hydrogens is 198 g/mol. The smallest absolute Gasteiger partial charge is 0.0972 e. The topological polar surface area (TPSA) is 35.2 Å². The molecule has 0 aliphatic heterocycles. The number of hydrogen-bond donors (Lipinski definition) is 1. The van der Waals surface area contributed by atoms with E-state index in [1.54, 1.807) is 7.11 Å². The van der Waals surface area contributed by atoms with Crippen LogP contribution in [0.25, 0.3) is 0 Å². The minimum atomic E-state index is -0.0418. The lowest BCUT2D eigenvalue weighted by Gasteiger charge is -2.22. The number of nitrogens with two attached hydrogens (primary N) is 1. The number of hydrogen-bond acceptors (Lipinski definition) is 2. The van der Waals surface area contributed by atoms with Crippen molar-refractivity contribution in [2.75, 3.05) is 7.11 Å². The van der Waals surface area contributed by atoms with Crippen LogP contribution in [0.1, 0.15) is 31.4 Å². The van der Waals surface area contributed by atoms with E-state index < -0.39 is 0 Å². The average molecular weight is 217 g/mol. The quantitative estimate of drug-likeness (QED) is 0.769. The maximum Gasteiger partial charge on any atom is 0.0972 e. The van der Waals surface area contributed by atoms with Gasteiger partial charge >= 0.3 is 0 Å². The summed E-state index contributed by atoms with van der Waals surface area (Å²) in [6.45, 7) is 1.84. The second kappa shape index (κ2) is 7.05. The summed E-state index contributed by atoms with van der Waals surface area (Å²) in [5.41, 5.74) is 7.24. The van der Waals surface area contributed by atoms with Crippen LogP contribution in [0.15, 0.2) is 30.3 Å². The third-order valence-electron chi connectivity index (χ3n) is 2.55. The molecule has 0 radical (unpaired) electrons. The van der Waals surface area contributed by atoms with Gasteiger partial charge in [0.1, 0.15) is 0 Å². The van der Waals surface area contributed by atoms with E-state index in [-0.39, 0.29) is 12.1 Å². The molecule has 0 heterocycles. The fourth-order valence-corrected chi connectivity index (χ4v) is 1.72. The molecule has 2 nitrogen and oxygen atoms in total. The molecule has 0 amide bonds. The molecule has 0 saturated carbocycles. The summed E-state index contributed by atoms with van der Waals surface area (Å²) in [6.07, 6.45) is 1.64. The number of methoxy groups -OCH3 is 1. The van der Waals surface area contributed by atoms with Gasteiger partial charge in [-0.05, 0) is 18.9 Å². The molecule has 16 heavy (non-hydrogen) atoms. The van der Waals surface area contributed by atoms with Crippen LogP contribution in [-0.2, 0) is 4.74 Å². The summed E-state index contributed by atoms with van der Waals surface area (Å²) in [5.74, 6) is 5.90. The van der Waals surface area contributed by atoms with E-state index in [1.807, 2.05) is 37.3 Å². The summed E-state index contributed by atoms with van der Waals surface area (Å²) in [4.78, 5) is 0. The summed E-state index contributed by atoms with van der Waals surface area (Å²) in [7, 11) is 1.70. The predicted octanol–water partition coefficient (Wildman–Crippen LogP) is 2.50. The molecule has 2 heteroatoms. The normalized spacial score (nSPS) is 13.7. The standard InChI is InChI=1S/C14H19NO/c1-3-4-6-11-13(15)14(16-2)12-9-7-5-8-10-12/h5,7-10,13-14H,6,11,15H2,1-2H3. The first kappa shape index (κ1) is 12.8. The van der Waals surface area contributed by atoms with E-state index in [2.05, 4.69) is 11.8 Å². The van der Waals surface area contributed by atoms with Crippen LogP contribution in [-0.4, -0.2) is 13.2 Å². The Morgan fingerprint density at radius 2 is 2.00 bits per heavy atom. The Morgan fingerprint density at radius 3 is 2.56 bits per heavy atom. The van der Waals surface area contributed by atoms with E-state index in [4.69, 9.17) is 10.5 Å². The average Bonchev–Trinajstić information content (AvgIpc) is 2.32. The molecule has 0 aliphatic carbocycles. The zero-order chi connectivity index (χ0) is 11.8. The van der Waals surface area contributed by atoms with E-state index in [9.17, 15) is 0 Å². The van der Waals surface area contributed by atoms with Gasteiger partial charge in [-0.1, -0.05) is 30.3 Å². The van der Waals surface area contributed by atoms with Crippen LogP contribution in [0.5, 0.6) is 0 Å². The van der Waals surface area contributed by atoms with Gasteiger partial charge in [0.05, 0.1) is 6.10 Å². The van der Waals surface area contributed by atoms with Crippen LogP contribution in [0, 0.1) is 11.8 Å². The van der Waals surface area contributed by atoms with E-state index in [0.29, 0.717) is 0 Å². The third kappa shape index (κ3) is 3.69. The highest BCUT2D eigenvalue weighted by atomic mass is 16.5. The summed E-state index contributed by atoms with van der Waals surface area (Å²) < 4.78 is 5.46. The first-order chi connectivity index (χ1) is 7.79. The first-order valence-electron chi connectivity index (χ1n) is 5.52. The van der Waals surface area contributed by atoms with Crippen molar-refractivity contribution >= 4 is 0 Å². The van der Waals surface area contributed by atoms with Crippen molar-refractivity contribution in [3.8, 4) is 11.8 Å². The SMILES string of the molecule is CC#CCCC(N)C(OC)c1ccccc1. The molecule has 0 spiro atoms. The molecule has 86 valence electrons. The van der Waals surface area contributed by atoms with Gasteiger partial charge in [-0.15, -0.1) is 11.8 Å². The van der Waals surface area contributed by atoms with Gasteiger partial charge in [0.2, 0.25) is 0 Å². The highest BCUT2D eigenvalue weighted by molar-refractivity contribution is 5.19. The van der Waals surface area contributed by atoms with Gasteiger partial charge in [0.25, 0.3) is 0 Å². The Balaban J connectivity index is 2.62. The summed E-state index contributed by atoms with van der Waals surface area (Å²) in [6, 6.07) is 10.1. The van der Waals surface area contributed by atoms with E-state index in [0.717, 1.165) is 18.4 Å². The van der Waals surface area contributed by atoms with Gasteiger partial charge < -0.3 is 10.5 Å². The number of ether oxygens (including phenoxy) is 1. The predicted molar refractivity (Wildman–Crippen MR) is 66.9 cm³/mol. The largest absolute Gasteiger partial charge is 0.375 e. The van der Waals surface area contributed by atoms with E-state index >= 15 is 0 Å². The van der Waals surface area contributed by atoms with Crippen molar-refractivity contribution < 1.29 is 4.74 Å². The van der Waals surface area contributed by atoms with Crippen LogP contribution in [0.4, 0.5) is 0 Å². The fourth-order valence-electron chi connectivity index (χ4n) is 1.72. The maximum absolute atomic E-state index is 6.11. The third-order valence-corrected chi connectivity index (χ3v) is 2.55. The van der Waals surface area contributed by atoms with Crippen LogP contribution in [0.2, 0.25) is 0 Å². The Hall–Kier alpha value is -1.30. The Bertz CT molecular complexity index is 350. The second-order valence-electron chi connectivity index (χ2n) is 3.70. The van der Waals surface area contributed by atoms with Crippen molar-refractivity contribution in [3.05, 3.63) is 35.9 Å². The van der Waals surface area contributed by atoms with Crippen LogP contribution < -0.4 is 5.73 Å². The molecule has 0 bridgehead atoms. The number of benzene rings is 1. The van der Waals surface area contributed by atoms with Crippen molar-refractivity contribution in [2.45, 2.75) is 31.9 Å². The lowest BCUT2D eigenvalue weighted by atomic mass is 9.99. The van der Waals surface area contributed by atoms with E-state index in [1.165, 1.54) is 0 Å². The van der Waals surface area contributed by atoms with Crippen molar-refractivity contribution in [1.82, 2.24) is 0 Å². The van der Waals surface area contributed by atoms with Gasteiger partial charge in [0.15, 0.2) is 0 Å². The number of rotatable bonds is 5. The first-order valence-corrected chi connectivity index (χ1v) is 5.52. The van der Waals surface area contributed by atoms with Crippen molar-refractivity contribution in [2.24, 2.45) is 5.73 Å². The molecule has 1 aromatic carbocycles. The Labute approximate surface area is 97.8 Å². The lowest BCUT2D eigenvalue weighted by Crippen LogP contribution is -2.29. The molecule has 0 saturated heterocycles.